The van der Waals surface area contributed by atoms with Crippen molar-refractivity contribution in [2.45, 2.75) is 44.6 Å². The van der Waals surface area contributed by atoms with Crippen molar-refractivity contribution < 1.29 is 51.1 Å². The Kier molecular flexibility index (Phi) is 12.0. The number of aryl methyl sites for hydroxylation is 1. The van der Waals surface area contributed by atoms with Crippen molar-refractivity contribution >= 4 is 23.8 Å². The molecule has 0 aliphatic carbocycles. The van der Waals surface area contributed by atoms with Crippen LogP contribution in [0, 0.1) is 9.81 Å². The Hall–Kier alpha value is -1.59. The molecule has 0 saturated heterocycles. The summed E-state index contributed by atoms with van der Waals surface area (Å²) in [4.78, 5) is 85.9. The van der Waals surface area contributed by atoms with Crippen LogP contribution in [0.15, 0.2) is 26.1 Å². The monoisotopic (exact) mass is 584 g/mol. The summed E-state index contributed by atoms with van der Waals surface area (Å²) in [5.41, 5.74) is -1.93. The van der Waals surface area contributed by atoms with Gasteiger partial charge < -0.3 is 0 Å². The van der Waals surface area contributed by atoms with Crippen LogP contribution in [0.4, 0.5) is 0 Å². The number of nitroso groups, excluding NO2 is 2. The number of aromatic amines is 1. The molecule has 0 bridgehead atoms. The Morgan fingerprint density at radius 2 is 1.81 bits per heavy atom. The van der Waals surface area contributed by atoms with Gasteiger partial charge in [-0.05, 0) is 0 Å². The first-order valence-corrected chi connectivity index (χ1v) is 14.5. The first-order valence-electron chi connectivity index (χ1n) is 9.83. The van der Waals surface area contributed by atoms with Crippen molar-refractivity contribution in [1.82, 2.24) is 9.55 Å². The van der Waals surface area contributed by atoms with Gasteiger partial charge in [-0.1, -0.05) is 0 Å². The number of ether oxygens (including phenoxy) is 1. The number of H-pyrrole nitrogens is 1. The summed E-state index contributed by atoms with van der Waals surface area (Å²) in [5, 5.41) is 5.67. The molecule has 208 valence electrons. The average molecular weight is 584 g/mol. The molecular weight excluding hydrogens is 557 g/mol. The average Bonchev–Trinajstić information content (AvgIpc) is 2.76. The summed E-state index contributed by atoms with van der Waals surface area (Å²) >= 11 is 0. The zero-order valence-corrected chi connectivity index (χ0v) is 22.1. The SMILES string of the molecule is CC[C@@H](N=O)[C@@H](CO[PH](O)(OC)OP(=O)(O)OP(=O)(O)O)OC(c1cn(C)c(=O)[nH]c1=O)[C@H](C)N=O. The molecule has 1 aromatic heterocycles. The molecule has 1 heterocycles. The van der Waals surface area contributed by atoms with E-state index in [9.17, 15) is 38.3 Å². The van der Waals surface area contributed by atoms with E-state index in [-0.39, 0.29) is 12.0 Å². The van der Waals surface area contributed by atoms with Gasteiger partial charge in [-0.2, -0.15) is 0 Å². The van der Waals surface area contributed by atoms with Crippen LogP contribution >= 0.6 is 23.8 Å². The van der Waals surface area contributed by atoms with Crippen LogP contribution < -0.4 is 11.2 Å². The van der Waals surface area contributed by atoms with Gasteiger partial charge in [0.25, 0.3) is 0 Å². The van der Waals surface area contributed by atoms with Gasteiger partial charge in [-0.3, -0.25) is 0 Å². The van der Waals surface area contributed by atoms with E-state index < -0.39 is 66.0 Å². The maximum atomic E-state index is 12.4. The number of hydrogen-bond donors (Lipinski definition) is 5. The predicted octanol–water partition coefficient (Wildman–Crippen LogP) is 0.491. The molecule has 2 unspecified atom stereocenters. The second kappa shape index (κ2) is 13.3. The van der Waals surface area contributed by atoms with E-state index in [1.807, 2.05) is 4.98 Å². The Labute approximate surface area is 203 Å². The standard InChI is InChI=1S/C14H27N4O15P3/c1-5-10(17-22)11(7-30-36(28,29-4)33-35(26,27)32-34(23,24)25)31-12(8(2)16-21)9-6-18(3)14(20)15-13(9)19/h6,8,10-12,28,36H,5,7H2,1-4H3,(H,26,27)(H,15,19,20)(H2,23,24,25)/t8-,10+,11+,12?/m0/s1. The number of nitrogens with zero attached hydrogens (tertiary/aromatic N) is 3. The van der Waals surface area contributed by atoms with Crippen LogP contribution in [0.1, 0.15) is 31.9 Å². The van der Waals surface area contributed by atoms with E-state index in [4.69, 9.17) is 19.0 Å². The number of hydrogen-bond acceptors (Lipinski definition) is 14. The van der Waals surface area contributed by atoms with Crippen LogP contribution in [-0.4, -0.2) is 61.0 Å². The third kappa shape index (κ3) is 9.70. The van der Waals surface area contributed by atoms with Crippen LogP contribution in [0.3, 0.4) is 0 Å². The van der Waals surface area contributed by atoms with Gasteiger partial charge in [-0.25, -0.2) is 0 Å². The zero-order valence-electron chi connectivity index (χ0n) is 19.3. The quantitative estimate of drug-likeness (QED) is 0.131. The van der Waals surface area contributed by atoms with E-state index in [2.05, 4.69) is 23.5 Å². The third-order valence-electron chi connectivity index (χ3n) is 4.48. The summed E-state index contributed by atoms with van der Waals surface area (Å²) in [7, 11) is -14.3. The summed E-state index contributed by atoms with van der Waals surface area (Å²) in [6.45, 7) is 1.90. The van der Waals surface area contributed by atoms with Gasteiger partial charge in [0.15, 0.2) is 0 Å². The maximum absolute atomic E-state index is 12.4. The molecule has 22 heteroatoms. The van der Waals surface area contributed by atoms with E-state index in [1.54, 1.807) is 0 Å². The Balaban J connectivity index is 3.31. The summed E-state index contributed by atoms with van der Waals surface area (Å²) in [6.07, 6.45) is -1.87. The first-order chi connectivity index (χ1) is 16.5. The fraction of sp³-hybridized carbons (Fsp3) is 0.714. The molecule has 0 radical (unpaired) electrons. The van der Waals surface area contributed by atoms with Gasteiger partial charge in [0, 0.05) is 0 Å². The van der Waals surface area contributed by atoms with Crippen molar-refractivity contribution in [2.24, 2.45) is 17.4 Å². The molecular formula is C14H27N4O15P3. The molecule has 1 rings (SSSR count). The topological polar surface area (TPSA) is 275 Å². The van der Waals surface area contributed by atoms with Gasteiger partial charge in [-0.15, -0.1) is 0 Å². The van der Waals surface area contributed by atoms with Gasteiger partial charge in [0.1, 0.15) is 0 Å². The molecule has 0 amide bonds. The number of nitrogens with one attached hydrogen (secondary N) is 1. The first kappa shape index (κ1) is 32.4. The molecule has 36 heavy (non-hydrogen) atoms. The summed E-state index contributed by atoms with van der Waals surface area (Å²) in [6, 6.07) is -2.51. The molecule has 5 N–H and O–H groups in total. The van der Waals surface area contributed by atoms with Crippen molar-refractivity contribution in [3.63, 3.8) is 0 Å². The fourth-order valence-corrected chi connectivity index (χ4v) is 6.41. The molecule has 0 saturated carbocycles. The third-order valence-corrected chi connectivity index (χ3v) is 9.05. The number of phosphoric acid groups is 2. The van der Waals surface area contributed by atoms with Crippen LogP contribution in [0.5, 0.6) is 0 Å². The second-order valence-electron chi connectivity index (χ2n) is 7.15. The van der Waals surface area contributed by atoms with E-state index in [0.717, 1.165) is 17.9 Å². The number of aromatic nitrogens is 2. The molecule has 0 spiro atoms. The van der Waals surface area contributed by atoms with Gasteiger partial charge in [0.05, 0.1) is 0 Å². The van der Waals surface area contributed by atoms with Crippen molar-refractivity contribution in [3.05, 3.63) is 42.4 Å². The molecule has 0 aliphatic rings. The second-order valence-corrected chi connectivity index (χ2v) is 12.2. The molecule has 0 fully saturated rings. The number of rotatable bonds is 16. The van der Waals surface area contributed by atoms with E-state index in [1.165, 1.54) is 20.9 Å². The Morgan fingerprint density at radius 3 is 2.28 bits per heavy atom. The van der Waals surface area contributed by atoms with E-state index >= 15 is 0 Å². The van der Waals surface area contributed by atoms with E-state index in [0.29, 0.717) is 0 Å². The van der Waals surface area contributed by atoms with Crippen LogP contribution in [0.25, 0.3) is 0 Å². The molecule has 0 aromatic carbocycles. The molecule has 19 nitrogen and oxygen atoms in total. The predicted molar refractivity (Wildman–Crippen MR) is 123 cm³/mol. The summed E-state index contributed by atoms with van der Waals surface area (Å²) < 4.78 is 46.8. The van der Waals surface area contributed by atoms with Crippen molar-refractivity contribution in [3.8, 4) is 0 Å². The molecule has 5 atom stereocenters. The zero-order chi connectivity index (χ0) is 27.9. The Bertz CT molecular complexity index is 1120. The molecule has 0 aliphatic heterocycles. The minimum absolute atomic E-state index is 0.00438. The fourth-order valence-electron chi connectivity index (χ4n) is 2.73. The Morgan fingerprint density at radius 1 is 1.19 bits per heavy atom. The van der Waals surface area contributed by atoms with Crippen molar-refractivity contribution in [1.29, 1.82) is 0 Å². The van der Waals surface area contributed by atoms with Gasteiger partial charge >= 0.3 is 203 Å². The minimum atomic E-state index is -5.62. The van der Waals surface area contributed by atoms with Crippen molar-refractivity contribution in [2.75, 3.05) is 13.7 Å². The molecule has 1 aromatic rings. The normalized spacial score (nSPS) is 18.0. The van der Waals surface area contributed by atoms with Gasteiger partial charge in [0.2, 0.25) is 0 Å². The van der Waals surface area contributed by atoms with Crippen LogP contribution in [-0.2, 0) is 38.6 Å². The summed E-state index contributed by atoms with van der Waals surface area (Å²) in [5.74, 6) is 0. The van der Waals surface area contributed by atoms with Crippen LogP contribution in [0.2, 0.25) is 0 Å².